The molecule has 0 aliphatic carbocycles. The minimum absolute atomic E-state index is 0.363. The first-order chi connectivity index (χ1) is 10.3. The number of carbonyl (C=O) groups excluding carboxylic acids is 1. The van der Waals surface area contributed by atoms with Gasteiger partial charge in [-0.1, -0.05) is 30.3 Å². The van der Waals surface area contributed by atoms with E-state index in [1.165, 1.54) is 0 Å². The van der Waals surface area contributed by atoms with Crippen LogP contribution in [0.4, 0.5) is 10.5 Å². The van der Waals surface area contributed by atoms with Crippen molar-refractivity contribution in [1.29, 1.82) is 0 Å². The molecule has 2 N–H and O–H groups in total. The maximum atomic E-state index is 11.7. The predicted molar refractivity (Wildman–Crippen MR) is 83.4 cm³/mol. The molecule has 0 saturated heterocycles. The smallest absolute Gasteiger partial charge is 0.411 e. The molecule has 3 rings (SSSR count). The Bertz CT molecular complexity index is 735. The van der Waals surface area contributed by atoms with E-state index in [-0.39, 0.29) is 0 Å². The van der Waals surface area contributed by atoms with Crippen LogP contribution in [0.1, 0.15) is 5.56 Å². The van der Waals surface area contributed by atoms with Gasteiger partial charge in [0.1, 0.15) is 0 Å². The molecule has 0 bridgehead atoms. The van der Waals surface area contributed by atoms with E-state index in [9.17, 15) is 4.79 Å². The standard InChI is InChI=1S/C17H16N2O2/c20-17(21-11-9-13-4-2-1-3-5-13)19-15-6-7-16-14(12-15)8-10-18-16/h1-8,10,12,18H,9,11H2,(H,19,20). The lowest BCUT2D eigenvalue weighted by Gasteiger charge is -2.07. The second kappa shape index (κ2) is 6.13. The average molecular weight is 280 g/mol. The van der Waals surface area contributed by atoms with E-state index in [0.29, 0.717) is 13.0 Å². The SMILES string of the molecule is O=C(Nc1ccc2[nH]ccc2c1)OCCc1ccccc1. The Hall–Kier alpha value is -2.75. The van der Waals surface area contributed by atoms with Crippen molar-refractivity contribution in [3.63, 3.8) is 0 Å². The molecule has 0 atom stereocenters. The Kier molecular flexibility index (Phi) is 3.87. The number of H-pyrrole nitrogens is 1. The van der Waals surface area contributed by atoms with Crippen LogP contribution in [-0.4, -0.2) is 17.7 Å². The lowest BCUT2D eigenvalue weighted by Crippen LogP contribution is -2.15. The van der Waals surface area contributed by atoms with Crippen LogP contribution in [0.5, 0.6) is 0 Å². The normalized spacial score (nSPS) is 10.5. The lowest BCUT2D eigenvalue weighted by atomic mass is 10.2. The second-order valence-corrected chi connectivity index (χ2v) is 4.78. The zero-order chi connectivity index (χ0) is 14.5. The molecular weight excluding hydrogens is 264 g/mol. The van der Waals surface area contributed by atoms with E-state index >= 15 is 0 Å². The Labute approximate surface area is 122 Å². The highest BCUT2D eigenvalue weighted by Crippen LogP contribution is 2.17. The van der Waals surface area contributed by atoms with Gasteiger partial charge in [0.25, 0.3) is 0 Å². The molecule has 3 aromatic rings. The minimum atomic E-state index is -0.430. The Morgan fingerprint density at radius 3 is 2.81 bits per heavy atom. The third-order valence-corrected chi connectivity index (χ3v) is 3.27. The summed E-state index contributed by atoms with van der Waals surface area (Å²) in [5.74, 6) is 0. The molecule has 4 heteroatoms. The van der Waals surface area contributed by atoms with Crippen molar-refractivity contribution in [2.75, 3.05) is 11.9 Å². The van der Waals surface area contributed by atoms with Crippen molar-refractivity contribution in [3.05, 3.63) is 66.4 Å². The number of fused-ring (bicyclic) bond motifs is 1. The summed E-state index contributed by atoms with van der Waals surface area (Å²) in [5.41, 5.74) is 2.92. The lowest BCUT2D eigenvalue weighted by molar-refractivity contribution is 0.163. The van der Waals surface area contributed by atoms with E-state index in [4.69, 9.17) is 4.74 Å². The van der Waals surface area contributed by atoms with Crippen LogP contribution in [0, 0.1) is 0 Å². The van der Waals surface area contributed by atoms with Gasteiger partial charge in [-0.05, 0) is 29.8 Å². The largest absolute Gasteiger partial charge is 0.449 e. The molecule has 1 heterocycles. The van der Waals surface area contributed by atoms with Crippen molar-refractivity contribution in [3.8, 4) is 0 Å². The second-order valence-electron chi connectivity index (χ2n) is 4.78. The third kappa shape index (κ3) is 3.42. The highest BCUT2D eigenvalue weighted by atomic mass is 16.5. The van der Waals surface area contributed by atoms with Crippen LogP contribution in [0.15, 0.2) is 60.8 Å². The number of aromatic amines is 1. The number of nitrogens with one attached hydrogen (secondary N) is 2. The maximum absolute atomic E-state index is 11.7. The number of anilines is 1. The van der Waals surface area contributed by atoms with Crippen LogP contribution < -0.4 is 5.32 Å². The summed E-state index contributed by atoms with van der Waals surface area (Å²) >= 11 is 0. The average Bonchev–Trinajstić information content (AvgIpc) is 2.96. The summed E-state index contributed by atoms with van der Waals surface area (Å²) in [5, 5.41) is 3.79. The summed E-state index contributed by atoms with van der Waals surface area (Å²) in [4.78, 5) is 14.8. The number of aromatic nitrogens is 1. The van der Waals surface area contributed by atoms with Crippen LogP contribution >= 0.6 is 0 Å². The van der Waals surface area contributed by atoms with Crippen molar-refractivity contribution >= 4 is 22.7 Å². The highest BCUT2D eigenvalue weighted by Gasteiger charge is 2.04. The van der Waals surface area contributed by atoms with Crippen molar-refractivity contribution in [2.24, 2.45) is 0 Å². The van der Waals surface area contributed by atoms with Gasteiger partial charge >= 0.3 is 6.09 Å². The summed E-state index contributed by atoms with van der Waals surface area (Å²) in [7, 11) is 0. The summed E-state index contributed by atoms with van der Waals surface area (Å²) in [6, 6.07) is 17.6. The van der Waals surface area contributed by atoms with Gasteiger partial charge in [-0.3, -0.25) is 5.32 Å². The molecular formula is C17H16N2O2. The third-order valence-electron chi connectivity index (χ3n) is 3.27. The first kappa shape index (κ1) is 13.2. The molecule has 0 spiro atoms. The zero-order valence-electron chi connectivity index (χ0n) is 11.5. The van der Waals surface area contributed by atoms with E-state index in [1.807, 2.05) is 60.8 Å². The van der Waals surface area contributed by atoms with Crippen molar-refractivity contribution in [2.45, 2.75) is 6.42 Å². The molecule has 0 aliphatic rings. The van der Waals surface area contributed by atoms with Crippen LogP contribution in [0.2, 0.25) is 0 Å². The van der Waals surface area contributed by atoms with Gasteiger partial charge in [0.15, 0.2) is 0 Å². The molecule has 0 radical (unpaired) electrons. The summed E-state index contributed by atoms with van der Waals surface area (Å²) in [6.07, 6.45) is 2.15. The molecule has 4 nitrogen and oxygen atoms in total. The fraction of sp³-hybridized carbons (Fsp3) is 0.118. The molecule has 0 saturated carbocycles. The first-order valence-corrected chi connectivity index (χ1v) is 6.86. The molecule has 2 aromatic carbocycles. The number of amides is 1. The minimum Gasteiger partial charge on any atom is -0.449 e. The monoisotopic (exact) mass is 280 g/mol. The number of benzene rings is 2. The fourth-order valence-corrected chi connectivity index (χ4v) is 2.19. The molecule has 1 aromatic heterocycles. The van der Waals surface area contributed by atoms with Crippen molar-refractivity contribution < 1.29 is 9.53 Å². The molecule has 0 fully saturated rings. The first-order valence-electron chi connectivity index (χ1n) is 6.86. The van der Waals surface area contributed by atoms with E-state index in [2.05, 4.69) is 10.3 Å². The molecule has 21 heavy (non-hydrogen) atoms. The van der Waals surface area contributed by atoms with Crippen molar-refractivity contribution in [1.82, 2.24) is 4.98 Å². The van der Waals surface area contributed by atoms with E-state index in [0.717, 1.165) is 22.2 Å². The van der Waals surface area contributed by atoms with Gasteiger partial charge in [0.2, 0.25) is 0 Å². The van der Waals surface area contributed by atoms with E-state index in [1.54, 1.807) is 0 Å². The number of rotatable bonds is 4. The number of hydrogen-bond acceptors (Lipinski definition) is 2. The Balaban J connectivity index is 1.51. The predicted octanol–water partition coefficient (Wildman–Crippen LogP) is 3.96. The van der Waals surface area contributed by atoms with Crippen LogP contribution in [-0.2, 0) is 11.2 Å². The van der Waals surface area contributed by atoms with Crippen LogP contribution in [0.25, 0.3) is 10.9 Å². The summed E-state index contributed by atoms with van der Waals surface area (Å²) in [6.45, 7) is 0.363. The maximum Gasteiger partial charge on any atom is 0.411 e. The molecule has 0 aliphatic heterocycles. The molecule has 106 valence electrons. The van der Waals surface area contributed by atoms with Gasteiger partial charge in [0.05, 0.1) is 6.61 Å². The van der Waals surface area contributed by atoms with Gasteiger partial charge < -0.3 is 9.72 Å². The van der Waals surface area contributed by atoms with Gasteiger partial charge in [-0.2, -0.15) is 0 Å². The highest BCUT2D eigenvalue weighted by molar-refractivity contribution is 5.90. The van der Waals surface area contributed by atoms with Crippen LogP contribution in [0.3, 0.4) is 0 Å². The number of hydrogen-bond donors (Lipinski definition) is 2. The Morgan fingerprint density at radius 2 is 1.95 bits per heavy atom. The van der Waals surface area contributed by atoms with Gasteiger partial charge in [0, 0.05) is 29.2 Å². The summed E-state index contributed by atoms with van der Waals surface area (Å²) < 4.78 is 5.19. The Morgan fingerprint density at radius 1 is 1.10 bits per heavy atom. The quantitative estimate of drug-likeness (QED) is 0.760. The van der Waals surface area contributed by atoms with E-state index < -0.39 is 6.09 Å². The van der Waals surface area contributed by atoms with Gasteiger partial charge in [-0.15, -0.1) is 0 Å². The number of carbonyl (C=O) groups is 1. The van der Waals surface area contributed by atoms with Gasteiger partial charge in [-0.25, -0.2) is 4.79 Å². The number of ether oxygens (including phenoxy) is 1. The molecule has 0 unspecified atom stereocenters. The fourth-order valence-electron chi connectivity index (χ4n) is 2.19. The zero-order valence-corrected chi connectivity index (χ0v) is 11.5. The molecule has 1 amide bonds. The topological polar surface area (TPSA) is 54.1 Å².